The van der Waals surface area contributed by atoms with E-state index < -0.39 is 0 Å². The Bertz CT molecular complexity index is 1140. The molecule has 8 heteroatoms. The van der Waals surface area contributed by atoms with Crippen molar-refractivity contribution in [2.24, 2.45) is 0 Å². The van der Waals surface area contributed by atoms with E-state index in [0.29, 0.717) is 22.8 Å². The average molecular weight is 462 g/mol. The van der Waals surface area contributed by atoms with Gasteiger partial charge in [-0.05, 0) is 74.9 Å². The third-order valence-corrected chi connectivity index (χ3v) is 6.90. The summed E-state index contributed by atoms with van der Waals surface area (Å²) in [4.78, 5) is 19.5. The zero-order valence-corrected chi connectivity index (χ0v) is 19.5. The lowest BCUT2D eigenvalue weighted by Crippen LogP contribution is -2.34. The maximum atomic E-state index is 13.3. The summed E-state index contributed by atoms with van der Waals surface area (Å²) in [6.07, 6.45) is 12.4. The largest absolute Gasteiger partial charge is 0.497 e. The molecule has 2 aliphatic rings. The molecule has 33 heavy (non-hydrogen) atoms. The smallest absolute Gasteiger partial charge is 0.237 e. The Balaban J connectivity index is 1.42. The second kappa shape index (κ2) is 9.79. The van der Waals surface area contributed by atoms with Gasteiger partial charge in [0.05, 0.1) is 12.9 Å². The number of hydrogen-bond donors (Lipinski definition) is 0. The first-order chi connectivity index (χ1) is 16.2. The first kappa shape index (κ1) is 21.7. The fourth-order valence-electron chi connectivity index (χ4n) is 4.18. The van der Waals surface area contributed by atoms with Crippen LogP contribution in [-0.2, 0) is 4.79 Å². The normalized spacial score (nSPS) is 15.7. The molecule has 2 heterocycles. The second-order valence-corrected chi connectivity index (χ2v) is 9.24. The molecule has 0 bridgehead atoms. The van der Waals surface area contributed by atoms with Crippen LogP contribution in [0.25, 0.3) is 17.1 Å². The number of thioether (sulfide) groups is 1. The predicted molar refractivity (Wildman–Crippen MR) is 128 cm³/mol. The summed E-state index contributed by atoms with van der Waals surface area (Å²) in [6, 6.07) is 12.0. The molecule has 1 fully saturated rings. The van der Waals surface area contributed by atoms with Crippen LogP contribution in [0.5, 0.6) is 5.75 Å². The molecule has 0 unspecified atom stereocenters. The van der Waals surface area contributed by atoms with Crippen molar-refractivity contribution in [2.45, 2.75) is 49.7 Å². The lowest BCUT2D eigenvalue weighted by Gasteiger charge is -2.27. The number of ether oxygens (including phenoxy) is 1. The average Bonchev–Trinajstić information content (AvgIpc) is 3.61. The number of methoxy groups -OCH3 is 1. The van der Waals surface area contributed by atoms with Gasteiger partial charge in [-0.1, -0.05) is 17.8 Å². The first-order valence-corrected chi connectivity index (χ1v) is 12.4. The molecule has 2 aromatic heterocycles. The summed E-state index contributed by atoms with van der Waals surface area (Å²) in [6.45, 7) is 0. The predicted octanol–water partition coefficient (Wildman–Crippen LogP) is 4.88. The Morgan fingerprint density at radius 1 is 1.12 bits per heavy atom. The van der Waals surface area contributed by atoms with E-state index in [1.807, 2.05) is 41.0 Å². The molecule has 0 N–H and O–H groups in total. The summed E-state index contributed by atoms with van der Waals surface area (Å²) >= 11 is 1.44. The van der Waals surface area contributed by atoms with Crippen molar-refractivity contribution in [3.05, 3.63) is 60.6 Å². The van der Waals surface area contributed by atoms with Crippen LogP contribution in [0.1, 0.15) is 38.5 Å². The monoisotopic (exact) mass is 461 g/mol. The van der Waals surface area contributed by atoms with Gasteiger partial charge in [0.15, 0.2) is 11.0 Å². The number of allylic oxidation sites excluding steroid dienone is 2. The highest BCUT2D eigenvalue weighted by Crippen LogP contribution is 2.35. The third kappa shape index (κ3) is 4.80. The molecule has 1 amide bonds. The van der Waals surface area contributed by atoms with E-state index in [9.17, 15) is 4.79 Å². The molecule has 3 aromatic rings. The van der Waals surface area contributed by atoms with Gasteiger partial charge in [0.25, 0.3) is 0 Å². The zero-order valence-electron chi connectivity index (χ0n) is 18.7. The number of amides is 1. The molecule has 7 nitrogen and oxygen atoms in total. The van der Waals surface area contributed by atoms with Crippen LogP contribution >= 0.6 is 11.8 Å². The minimum atomic E-state index is 0.158. The van der Waals surface area contributed by atoms with E-state index in [1.165, 1.54) is 23.9 Å². The molecule has 0 spiro atoms. The molecule has 5 rings (SSSR count). The van der Waals surface area contributed by atoms with Crippen LogP contribution in [0.4, 0.5) is 0 Å². The second-order valence-electron chi connectivity index (χ2n) is 8.30. The zero-order chi connectivity index (χ0) is 22.6. The molecule has 0 saturated heterocycles. The van der Waals surface area contributed by atoms with Crippen LogP contribution < -0.4 is 4.74 Å². The minimum absolute atomic E-state index is 0.158. The summed E-state index contributed by atoms with van der Waals surface area (Å²) < 4.78 is 7.31. The quantitative estimate of drug-likeness (QED) is 0.445. The molecule has 0 aliphatic heterocycles. The summed E-state index contributed by atoms with van der Waals surface area (Å²) in [5.74, 6) is 1.98. The van der Waals surface area contributed by atoms with Crippen molar-refractivity contribution in [1.29, 1.82) is 0 Å². The highest BCUT2D eigenvalue weighted by Gasteiger charge is 2.35. The van der Waals surface area contributed by atoms with Gasteiger partial charge in [-0.15, -0.1) is 10.2 Å². The minimum Gasteiger partial charge on any atom is -0.497 e. The Morgan fingerprint density at radius 2 is 1.91 bits per heavy atom. The van der Waals surface area contributed by atoms with Crippen LogP contribution in [0, 0.1) is 0 Å². The summed E-state index contributed by atoms with van der Waals surface area (Å²) in [5, 5.41) is 9.61. The molecule has 2 aliphatic carbocycles. The Morgan fingerprint density at radius 3 is 2.58 bits per heavy atom. The van der Waals surface area contributed by atoms with E-state index in [0.717, 1.165) is 49.1 Å². The van der Waals surface area contributed by atoms with Crippen LogP contribution in [0.3, 0.4) is 0 Å². The van der Waals surface area contributed by atoms with Gasteiger partial charge >= 0.3 is 0 Å². The number of rotatable bonds is 8. The van der Waals surface area contributed by atoms with Gasteiger partial charge < -0.3 is 9.64 Å². The number of aromatic nitrogens is 4. The number of benzene rings is 1. The van der Waals surface area contributed by atoms with Crippen molar-refractivity contribution in [2.75, 3.05) is 12.9 Å². The molecular weight excluding hydrogens is 434 g/mol. The fraction of sp³-hybridized carbons (Fsp3) is 0.360. The highest BCUT2D eigenvalue weighted by molar-refractivity contribution is 7.99. The van der Waals surface area contributed by atoms with Gasteiger partial charge in [-0.25, -0.2) is 0 Å². The molecule has 1 saturated carbocycles. The van der Waals surface area contributed by atoms with E-state index in [4.69, 9.17) is 4.74 Å². The number of hydrogen-bond acceptors (Lipinski definition) is 6. The Hall–Kier alpha value is -3.13. The van der Waals surface area contributed by atoms with Crippen molar-refractivity contribution in [3.63, 3.8) is 0 Å². The standard InChI is InChI=1S/C25H27N5O2S/c1-32-22-11-9-21(10-12-22)30-24(18-13-15-26-16-14-18)27-28-25(30)33-17-23(31)29(20-7-8-20)19-5-3-2-4-6-19/h5,9-16,20H,2-4,6-8,17H2,1H3. The maximum Gasteiger partial charge on any atom is 0.237 e. The number of nitrogens with zero attached hydrogens (tertiary/aromatic N) is 5. The lowest BCUT2D eigenvalue weighted by atomic mass is 10.0. The van der Waals surface area contributed by atoms with Crippen molar-refractivity contribution in [3.8, 4) is 22.8 Å². The van der Waals surface area contributed by atoms with E-state index in [2.05, 4.69) is 26.2 Å². The van der Waals surface area contributed by atoms with Gasteiger partial charge in [-0.2, -0.15) is 0 Å². The van der Waals surface area contributed by atoms with Crippen molar-refractivity contribution >= 4 is 17.7 Å². The third-order valence-electron chi connectivity index (χ3n) is 5.98. The SMILES string of the molecule is COc1ccc(-n2c(SCC(=O)N(C3=CCCCC3)C3CC3)nnc2-c2ccncc2)cc1. The van der Waals surface area contributed by atoms with Crippen molar-refractivity contribution in [1.82, 2.24) is 24.6 Å². The number of carbonyl (C=O) groups is 1. The van der Waals surface area contributed by atoms with Gasteiger partial charge in [0.2, 0.25) is 5.91 Å². The van der Waals surface area contributed by atoms with E-state index >= 15 is 0 Å². The summed E-state index contributed by atoms with van der Waals surface area (Å²) in [5.41, 5.74) is 3.04. The van der Waals surface area contributed by atoms with E-state index in [-0.39, 0.29) is 5.91 Å². The molecule has 1 aromatic carbocycles. The lowest BCUT2D eigenvalue weighted by molar-refractivity contribution is -0.127. The van der Waals surface area contributed by atoms with Gasteiger partial charge in [0, 0.05) is 35.4 Å². The van der Waals surface area contributed by atoms with Crippen molar-refractivity contribution < 1.29 is 9.53 Å². The van der Waals surface area contributed by atoms with Crippen LogP contribution in [-0.4, -0.2) is 49.5 Å². The first-order valence-electron chi connectivity index (χ1n) is 11.4. The van der Waals surface area contributed by atoms with Gasteiger partial charge in [0.1, 0.15) is 5.75 Å². The summed E-state index contributed by atoms with van der Waals surface area (Å²) in [7, 11) is 1.65. The van der Waals surface area contributed by atoms with E-state index in [1.54, 1.807) is 19.5 Å². The van der Waals surface area contributed by atoms with Gasteiger partial charge in [-0.3, -0.25) is 14.3 Å². The number of pyridine rings is 1. The van der Waals surface area contributed by atoms with Crippen LogP contribution in [0.15, 0.2) is 65.7 Å². The molecule has 0 atom stereocenters. The Kier molecular flexibility index (Phi) is 6.44. The molecule has 170 valence electrons. The highest BCUT2D eigenvalue weighted by atomic mass is 32.2. The Labute approximate surface area is 197 Å². The fourth-order valence-corrected chi connectivity index (χ4v) is 4.99. The van der Waals surface area contributed by atoms with Crippen LogP contribution in [0.2, 0.25) is 0 Å². The molecule has 0 radical (unpaired) electrons. The maximum absolute atomic E-state index is 13.3. The number of carbonyl (C=O) groups excluding carboxylic acids is 1. The molecular formula is C25H27N5O2S. The topological polar surface area (TPSA) is 73.1 Å².